The maximum absolute atomic E-state index is 10.2. The summed E-state index contributed by atoms with van der Waals surface area (Å²) >= 11 is 0. The molecule has 20 heavy (non-hydrogen) atoms. The summed E-state index contributed by atoms with van der Waals surface area (Å²) in [7, 11) is 0. The number of nitrogens with two attached hydrogens (primary N) is 2. The molecule has 0 amide bonds. The minimum absolute atomic E-state index is 0.0517. The monoisotopic (exact) mass is 276 g/mol. The number of nitrogens with zero attached hydrogens (tertiary/aromatic N) is 4. The fourth-order valence-corrected chi connectivity index (χ4v) is 3.90. The molecule has 0 aliphatic heterocycles. The first-order valence-corrected chi connectivity index (χ1v) is 6.59. The molecule has 6 N–H and O–H groups in total. The van der Waals surface area contributed by atoms with Gasteiger partial charge in [-0.25, -0.2) is 4.98 Å². The van der Waals surface area contributed by atoms with Gasteiger partial charge in [-0.05, 0) is 19.3 Å². The van der Waals surface area contributed by atoms with Gasteiger partial charge in [0, 0.05) is 5.41 Å². The van der Waals surface area contributed by atoms with Crippen molar-refractivity contribution >= 4 is 22.9 Å². The van der Waals surface area contributed by atoms with Crippen LogP contribution in [0.3, 0.4) is 0 Å². The van der Waals surface area contributed by atoms with Crippen LogP contribution in [0.2, 0.25) is 0 Å². The van der Waals surface area contributed by atoms with Crippen molar-refractivity contribution in [2.45, 2.75) is 30.9 Å². The molecule has 2 aliphatic rings. The Morgan fingerprint density at radius 1 is 1.40 bits per heavy atom. The summed E-state index contributed by atoms with van der Waals surface area (Å²) in [6, 6.07) is 0. The molecule has 3 unspecified atom stereocenters. The first-order valence-electron chi connectivity index (χ1n) is 6.59. The molecule has 8 nitrogen and oxygen atoms in total. The maximum atomic E-state index is 10.2. The molecule has 0 bridgehead atoms. The third-order valence-corrected chi connectivity index (χ3v) is 5.06. The maximum Gasteiger partial charge on any atom is 0.224 e. The van der Waals surface area contributed by atoms with Crippen LogP contribution in [-0.4, -0.2) is 42.4 Å². The lowest BCUT2D eigenvalue weighted by Gasteiger charge is -2.20. The summed E-state index contributed by atoms with van der Waals surface area (Å²) in [6.45, 7) is -0.0517. The largest absolute Gasteiger partial charge is 0.396 e. The summed E-state index contributed by atoms with van der Waals surface area (Å²) in [4.78, 5) is 12.4. The summed E-state index contributed by atoms with van der Waals surface area (Å²) in [5.74, 6) is 0.346. The van der Waals surface area contributed by atoms with Crippen molar-refractivity contribution in [3.8, 4) is 0 Å². The Morgan fingerprint density at radius 3 is 2.90 bits per heavy atom. The van der Waals surface area contributed by atoms with Gasteiger partial charge in [0.1, 0.15) is 5.52 Å². The molecule has 106 valence electrons. The van der Waals surface area contributed by atoms with Crippen LogP contribution in [0.15, 0.2) is 6.33 Å². The molecule has 2 aromatic heterocycles. The van der Waals surface area contributed by atoms with Gasteiger partial charge >= 0.3 is 0 Å². The average Bonchev–Trinajstić information content (AvgIpc) is 2.74. The molecule has 3 atom stereocenters. The van der Waals surface area contributed by atoms with Crippen molar-refractivity contribution in [3.05, 3.63) is 6.33 Å². The zero-order chi connectivity index (χ0) is 14.1. The zero-order valence-electron chi connectivity index (χ0n) is 10.8. The van der Waals surface area contributed by atoms with Crippen LogP contribution < -0.4 is 11.5 Å². The summed E-state index contributed by atoms with van der Waals surface area (Å²) in [6.07, 6.45) is 3.32. The van der Waals surface area contributed by atoms with Crippen LogP contribution in [0.1, 0.15) is 19.3 Å². The normalized spacial score (nSPS) is 35.4. The Labute approximate surface area is 114 Å². The highest BCUT2D eigenvalue weighted by Crippen LogP contribution is 2.71. The molecular formula is C12H16N6O2. The zero-order valence-corrected chi connectivity index (χ0v) is 10.8. The molecule has 8 heteroatoms. The van der Waals surface area contributed by atoms with Gasteiger partial charge in [-0.1, -0.05) is 0 Å². The first kappa shape index (κ1) is 11.9. The minimum Gasteiger partial charge on any atom is -0.396 e. The van der Waals surface area contributed by atoms with E-state index in [1.807, 2.05) is 4.57 Å². The molecule has 4 rings (SSSR count). The summed E-state index contributed by atoms with van der Waals surface area (Å²) in [5, 5.41) is 19.9. The molecule has 0 aromatic carbocycles. The number of anilines is 2. The van der Waals surface area contributed by atoms with Crippen LogP contribution in [-0.2, 0) is 5.54 Å². The molecule has 0 saturated heterocycles. The van der Waals surface area contributed by atoms with E-state index in [4.69, 9.17) is 11.5 Å². The van der Waals surface area contributed by atoms with Crippen molar-refractivity contribution in [3.63, 3.8) is 0 Å². The Morgan fingerprint density at radius 2 is 2.20 bits per heavy atom. The van der Waals surface area contributed by atoms with Gasteiger partial charge in [0.2, 0.25) is 5.95 Å². The van der Waals surface area contributed by atoms with E-state index >= 15 is 0 Å². The highest BCUT2D eigenvalue weighted by molar-refractivity contribution is 5.83. The number of rotatable bonds is 2. The Balaban J connectivity index is 1.93. The van der Waals surface area contributed by atoms with Gasteiger partial charge < -0.3 is 26.2 Å². The van der Waals surface area contributed by atoms with Crippen molar-refractivity contribution in [2.24, 2.45) is 5.41 Å². The van der Waals surface area contributed by atoms with Gasteiger partial charge in [0.15, 0.2) is 11.5 Å². The smallest absolute Gasteiger partial charge is 0.224 e. The van der Waals surface area contributed by atoms with Gasteiger partial charge in [0.05, 0.1) is 24.6 Å². The topological polar surface area (TPSA) is 136 Å². The van der Waals surface area contributed by atoms with Crippen molar-refractivity contribution < 1.29 is 10.2 Å². The molecular weight excluding hydrogens is 260 g/mol. The van der Waals surface area contributed by atoms with E-state index in [-0.39, 0.29) is 23.9 Å². The number of imidazole rings is 1. The standard InChI is InChI=1S/C12H16N6O2/c13-8-7-9(17-10(14)16-8)18(5-15-7)12-2-1-6(20)11(12,3-12)4-19/h5-6,19-20H,1-4H2,(H4,13,14,16,17). The van der Waals surface area contributed by atoms with E-state index < -0.39 is 11.5 Å². The highest BCUT2D eigenvalue weighted by Gasteiger charge is 2.75. The predicted octanol–water partition coefficient (Wildman–Crippen LogP) is -0.777. The van der Waals surface area contributed by atoms with Crippen LogP contribution in [0.4, 0.5) is 11.8 Å². The number of fused-ring (bicyclic) bond motifs is 2. The summed E-state index contributed by atoms with van der Waals surface area (Å²) < 4.78 is 1.91. The van der Waals surface area contributed by atoms with Crippen molar-refractivity contribution in [2.75, 3.05) is 18.1 Å². The molecule has 2 heterocycles. The second-order valence-electron chi connectivity index (χ2n) is 5.83. The minimum atomic E-state index is -0.499. The SMILES string of the molecule is Nc1nc(N)c2ncn(C34CCC(O)C3(CO)C4)c2n1. The number of hydrogen-bond donors (Lipinski definition) is 4. The molecule has 2 fully saturated rings. The number of nitrogen functional groups attached to an aromatic ring is 2. The van der Waals surface area contributed by atoms with Gasteiger partial charge in [0.25, 0.3) is 0 Å². The second-order valence-corrected chi connectivity index (χ2v) is 5.83. The van der Waals surface area contributed by atoms with E-state index in [0.717, 1.165) is 6.42 Å². The van der Waals surface area contributed by atoms with E-state index in [1.165, 1.54) is 0 Å². The number of aliphatic hydroxyl groups is 2. The fourth-order valence-electron chi connectivity index (χ4n) is 3.90. The van der Waals surface area contributed by atoms with Crippen LogP contribution in [0.5, 0.6) is 0 Å². The Hall–Kier alpha value is -1.93. The number of hydrogen-bond acceptors (Lipinski definition) is 7. The van der Waals surface area contributed by atoms with Gasteiger partial charge in [-0.2, -0.15) is 9.97 Å². The fraction of sp³-hybridized carbons (Fsp3) is 0.583. The van der Waals surface area contributed by atoms with Gasteiger partial charge in [-0.15, -0.1) is 0 Å². The van der Waals surface area contributed by atoms with Crippen LogP contribution in [0, 0.1) is 5.41 Å². The lowest BCUT2D eigenvalue weighted by Crippen LogP contribution is -2.29. The Kier molecular flexibility index (Phi) is 2.01. The van der Waals surface area contributed by atoms with E-state index in [9.17, 15) is 10.2 Å². The molecule has 0 spiro atoms. The number of aliphatic hydroxyl groups excluding tert-OH is 2. The predicted molar refractivity (Wildman–Crippen MR) is 71.5 cm³/mol. The third-order valence-electron chi connectivity index (χ3n) is 5.06. The van der Waals surface area contributed by atoms with Crippen LogP contribution in [0.25, 0.3) is 11.2 Å². The molecule has 2 aliphatic carbocycles. The molecule has 2 aromatic rings. The van der Waals surface area contributed by atoms with Crippen molar-refractivity contribution in [1.82, 2.24) is 19.5 Å². The van der Waals surface area contributed by atoms with Crippen molar-refractivity contribution in [1.29, 1.82) is 0 Å². The van der Waals surface area contributed by atoms with E-state index in [1.54, 1.807) is 6.33 Å². The van der Waals surface area contributed by atoms with Gasteiger partial charge in [-0.3, -0.25) is 0 Å². The Bertz CT molecular complexity index is 715. The second kappa shape index (κ2) is 3.39. The molecule has 0 radical (unpaired) electrons. The molecule has 2 saturated carbocycles. The lowest BCUT2D eigenvalue weighted by atomic mass is 10.0. The average molecular weight is 276 g/mol. The van der Waals surface area contributed by atoms with E-state index in [2.05, 4.69) is 15.0 Å². The summed E-state index contributed by atoms with van der Waals surface area (Å²) in [5.41, 5.74) is 11.7. The lowest BCUT2D eigenvalue weighted by molar-refractivity contribution is 0.0546. The number of aromatic nitrogens is 4. The third kappa shape index (κ3) is 1.12. The van der Waals surface area contributed by atoms with Crippen LogP contribution >= 0.6 is 0 Å². The highest BCUT2D eigenvalue weighted by atomic mass is 16.3. The first-order chi connectivity index (χ1) is 9.54. The van der Waals surface area contributed by atoms with E-state index in [0.29, 0.717) is 24.0 Å². The quantitative estimate of drug-likeness (QED) is 0.565.